The molecule has 2 rings (SSSR count). The van der Waals surface area contributed by atoms with Crippen molar-refractivity contribution in [2.24, 2.45) is 0 Å². The molecule has 0 saturated carbocycles. The molecule has 2 heterocycles. The molecule has 0 spiro atoms. The molecule has 0 N–H and O–H groups in total. The molecular weight excluding hydrogens is 180 g/mol. The van der Waals surface area contributed by atoms with Gasteiger partial charge in [-0.15, -0.1) is 10.2 Å². The Balaban J connectivity index is 2.47. The van der Waals surface area contributed by atoms with Crippen LogP contribution in [0.15, 0.2) is 10.6 Å². The number of aryl methyl sites for hydroxylation is 3. The average Bonchev–Trinajstić information content (AvgIpc) is 2.57. The van der Waals surface area contributed by atoms with Crippen LogP contribution in [0.5, 0.6) is 0 Å². The van der Waals surface area contributed by atoms with Crippen molar-refractivity contribution in [3.05, 3.63) is 23.5 Å². The van der Waals surface area contributed by atoms with Gasteiger partial charge < -0.3 is 4.42 Å². The Kier molecular flexibility index (Phi) is 1.99. The van der Waals surface area contributed by atoms with Crippen LogP contribution in [0, 0.1) is 20.8 Å². The van der Waals surface area contributed by atoms with E-state index < -0.39 is 0 Å². The molecule has 0 aliphatic carbocycles. The van der Waals surface area contributed by atoms with Gasteiger partial charge in [-0.1, -0.05) is 0 Å². The van der Waals surface area contributed by atoms with Crippen molar-refractivity contribution in [1.82, 2.24) is 20.2 Å². The van der Waals surface area contributed by atoms with E-state index >= 15 is 0 Å². The van der Waals surface area contributed by atoms with Crippen molar-refractivity contribution >= 4 is 0 Å². The van der Waals surface area contributed by atoms with Gasteiger partial charge in [0.25, 0.3) is 5.89 Å². The minimum absolute atomic E-state index is 0.415. The summed E-state index contributed by atoms with van der Waals surface area (Å²) in [4.78, 5) is 8.47. The zero-order valence-electron chi connectivity index (χ0n) is 8.27. The fourth-order valence-electron chi connectivity index (χ4n) is 1.04. The quantitative estimate of drug-likeness (QED) is 0.681. The van der Waals surface area contributed by atoms with Crippen molar-refractivity contribution in [2.45, 2.75) is 20.8 Å². The number of nitrogens with zero attached hydrogens (tertiary/aromatic N) is 4. The number of rotatable bonds is 1. The fourth-order valence-corrected chi connectivity index (χ4v) is 1.04. The number of aromatic nitrogens is 4. The monoisotopic (exact) mass is 190 g/mol. The summed E-state index contributed by atoms with van der Waals surface area (Å²) in [6.45, 7) is 5.55. The molecule has 0 unspecified atom stereocenters. The molecule has 0 atom stereocenters. The molecule has 0 bridgehead atoms. The van der Waals surface area contributed by atoms with Crippen LogP contribution in [0.2, 0.25) is 0 Å². The van der Waals surface area contributed by atoms with Gasteiger partial charge in [0.05, 0.1) is 17.6 Å². The summed E-state index contributed by atoms with van der Waals surface area (Å²) in [5.41, 5.74) is 2.40. The summed E-state index contributed by atoms with van der Waals surface area (Å²) in [6.07, 6.45) is 1.63. The highest BCUT2D eigenvalue weighted by Gasteiger charge is 2.08. The van der Waals surface area contributed by atoms with Crippen LogP contribution in [-0.4, -0.2) is 20.2 Å². The maximum Gasteiger partial charge on any atom is 0.267 e. The summed E-state index contributed by atoms with van der Waals surface area (Å²) >= 11 is 0. The Morgan fingerprint density at radius 2 is 1.86 bits per heavy atom. The van der Waals surface area contributed by atoms with Crippen molar-refractivity contribution in [2.75, 3.05) is 0 Å². The Labute approximate surface area is 81.2 Å². The topological polar surface area (TPSA) is 64.7 Å². The molecular formula is C9H10N4O. The standard InChI is InChI=1S/C9H10N4O/c1-5-6(2)11-8(4-10-5)9-13-12-7(3)14-9/h4H,1-3H3. The van der Waals surface area contributed by atoms with E-state index in [2.05, 4.69) is 20.2 Å². The maximum absolute atomic E-state index is 5.24. The third kappa shape index (κ3) is 1.48. The van der Waals surface area contributed by atoms with Crippen molar-refractivity contribution in [1.29, 1.82) is 0 Å². The third-order valence-corrected chi connectivity index (χ3v) is 1.94. The van der Waals surface area contributed by atoms with Crippen molar-refractivity contribution < 1.29 is 4.42 Å². The Morgan fingerprint density at radius 1 is 1.07 bits per heavy atom. The van der Waals surface area contributed by atoms with Crippen LogP contribution in [0.4, 0.5) is 0 Å². The highest BCUT2D eigenvalue weighted by molar-refractivity contribution is 5.44. The van der Waals surface area contributed by atoms with Crippen molar-refractivity contribution in [3.8, 4) is 11.6 Å². The van der Waals surface area contributed by atoms with E-state index in [0.717, 1.165) is 11.4 Å². The lowest BCUT2D eigenvalue weighted by molar-refractivity contribution is 0.530. The van der Waals surface area contributed by atoms with Gasteiger partial charge in [-0.3, -0.25) is 4.98 Å². The van der Waals surface area contributed by atoms with Crippen LogP contribution in [0.25, 0.3) is 11.6 Å². The molecule has 2 aromatic heterocycles. The zero-order valence-corrected chi connectivity index (χ0v) is 8.27. The molecule has 14 heavy (non-hydrogen) atoms. The minimum Gasteiger partial charge on any atom is -0.420 e. The van der Waals surface area contributed by atoms with E-state index in [4.69, 9.17) is 4.42 Å². The average molecular weight is 190 g/mol. The first-order valence-corrected chi connectivity index (χ1v) is 4.27. The minimum atomic E-state index is 0.415. The third-order valence-electron chi connectivity index (χ3n) is 1.94. The van der Waals surface area contributed by atoms with Crippen LogP contribution < -0.4 is 0 Å². The molecule has 5 nitrogen and oxygen atoms in total. The second kappa shape index (κ2) is 3.17. The largest absolute Gasteiger partial charge is 0.420 e. The Bertz CT molecular complexity index is 464. The van der Waals surface area contributed by atoms with E-state index in [1.165, 1.54) is 0 Å². The van der Waals surface area contributed by atoms with E-state index in [1.54, 1.807) is 13.1 Å². The van der Waals surface area contributed by atoms with E-state index in [1.807, 2.05) is 13.8 Å². The summed E-state index contributed by atoms with van der Waals surface area (Å²) in [5.74, 6) is 0.943. The highest BCUT2D eigenvalue weighted by Crippen LogP contribution is 2.14. The molecule has 0 amide bonds. The Hall–Kier alpha value is -1.78. The smallest absolute Gasteiger partial charge is 0.267 e. The first-order valence-electron chi connectivity index (χ1n) is 4.27. The van der Waals surface area contributed by atoms with Gasteiger partial charge in [0.15, 0.2) is 0 Å². The molecule has 0 aliphatic heterocycles. The van der Waals surface area contributed by atoms with Crippen LogP contribution in [-0.2, 0) is 0 Å². The summed E-state index contributed by atoms with van der Waals surface area (Å²) in [6, 6.07) is 0. The zero-order chi connectivity index (χ0) is 10.1. The SMILES string of the molecule is Cc1nnc(-c2cnc(C)c(C)n2)o1. The highest BCUT2D eigenvalue weighted by atomic mass is 16.4. The van der Waals surface area contributed by atoms with Gasteiger partial charge in [0, 0.05) is 6.92 Å². The van der Waals surface area contributed by atoms with Gasteiger partial charge in [0.2, 0.25) is 5.89 Å². The number of hydrogen-bond donors (Lipinski definition) is 0. The van der Waals surface area contributed by atoms with Crippen LogP contribution in [0.3, 0.4) is 0 Å². The lowest BCUT2D eigenvalue weighted by Crippen LogP contribution is -1.93. The van der Waals surface area contributed by atoms with Gasteiger partial charge in [-0.25, -0.2) is 4.98 Å². The van der Waals surface area contributed by atoms with Crippen LogP contribution >= 0.6 is 0 Å². The Morgan fingerprint density at radius 3 is 2.43 bits per heavy atom. The molecule has 0 radical (unpaired) electrons. The van der Waals surface area contributed by atoms with Gasteiger partial charge in [0.1, 0.15) is 5.69 Å². The second-order valence-electron chi connectivity index (χ2n) is 3.05. The lowest BCUT2D eigenvalue weighted by atomic mass is 10.3. The summed E-state index contributed by atoms with van der Waals surface area (Å²) < 4.78 is 5.24. The van der Waals surface area contributed by atoms with Crippen LogP contribution in [0.1, 0.15) is 17.3 Å². The van der Waals surface area contributed by atoms with Gasteiger partial charge in [-0.05, 0) is 13.8 Å². The number of hydrogen-bond acceptors (Lipinski definition) is 5. The molecule has 0 aliphatic rings. The van der Waals surface area contributed by atoms with Crippen molar-refractivity contribution in [3.63, 3.8) is 0 Å². The maximum atomic E-state index is 5.24. The van der Waals surface area contributed by atoms with Gasteiger partial charge >= 0.3 is 0 Å². The second-order valence-corrected chi connectivity index (χ2v) is 3.05. The van der Waals surface area contributed by atoms with Gasteiger partial charge in [-0.2, -0.15) is 0 Å². The molecule has 0 fully saturated rings. The molecule has 2 aromatic rings. The normalized spacial score (nSPS) is 10.5. The summed E-state index contributed by atoms with van der Waals surface area (Å²) in [5, 5.41) is 7.60. The lowest BCUT2D eigenvalue weighted by Gasteiger charge is -1.98. The van der Waals surface area contributed by atoms with E-state index in [-0.39, 0.29) is 0 Å². The van der Waals surface area contributed by atoms with E-state index in [0.29, 0.717) is 17.5 Å². The molecule has 72 valence electrons. The molecule has 0 aromatic carbocycles. The summed E-state index contributed by atoms with van der Waals surface area (Å²) in [7, 11) is 0. The first-order chi connectivity index (χ1) is 6.66. The van der Waals surface area contributed by atoms with E-state index in [9.17, 15) is 0 Å². The predicted molar refractivity (Wildman–Crippen MR) is 49.5 cm³/mol. The molecule has 0 saturated heterocycles. The fraction of sp³-hybridized carbons (Fsp3) is 0.333. The predicted octanol–water partition coefficient (Wildman–Crippen LogP) is 1.45. The first kappa shape index (κ1) is 8.80. The molecule has 5 heteroatoms.